The van der Waals surface area contributed by atoms with E-state index in [9.17, 15) is 4.39 Å². The number of nitrogens with zero attached hydrogens (tertiary/aromatic N) is 1. The second-order valence-corrected chi connectivity index (χ2v) is 4.46. The first-order chi connectivity index (χ1) is 7.66. The number of rotatable bonds is 3. The maximum absolute atomic E-state index is 13.3. The molecule has 2 rings (SSSR count). The molecule has 1 aromatic heterocycles. The summed E-state index contributed by atoms with van der Waals surface area (Å²) < 4.78 is 13.3. The fourth-order valence-corrected chi connectivity index (χ4v) is 2.09. The number of aromatic nitrogens is 1. The van der Waals surface area contributed by atoms with Crippen LogP contribution in [-0.2, 0) is 0 Å². The van der Waals surface area contributed by atoms with Crippen molar-refractivity contribution in [2.24, 2.45) is 0 Å². The summed E-state index contributed by atoms with van der Waals surface area (Å²) >= 11 is 1.56. The van der Waals surface area contributed by atoms with Crippen LogP contribution in [0.5, 0.6) is 0 Å². The third-order valence-electron chi connectivity index (χ3n) is 2.45. The van der Waals surface area contributed by atoms with Crippen molar-refractivity contribution in [3.63, 3.8) is 0 Å². The second-order valence-electron chi connectivity index (χ2n) is 3.74. The molecule has 1 N–H and O–H groups in total. The fourth-order valence-electron chi connectivity index (χ4n) is 1.44. The molecule has 0 aliphatic rings. The van der Waals surface area contributed by atoms with Crippen molar-refractivity contribution in [2.45, 2.75) is 19.9 Å². The Kier molecular flexibility index (Phi) is 3.19. The molecule has 2 aromatic rings. The zero-order valence-electron chi connectivity index (χ0n) is 9.20. The van der Waals surface area contributed by atoms with Crippen molar-refractivity contribution in [1.29, 1.82) is 0 Å². The first kappa shape index (κ1) is 11.1. The minimum atomic E-state index is -0.185. The van der Waals surface area contributed by atoms with E-state index in [1.165, 1.54) is 6.07 Å². The van der Waals surface area contributed by atoms with Crippen molar-refractivity contribution >= 4 is 17.0 Å². The number of thiazole rings is 1. The van der Waals surface area contributed by atoms with E-state index in [0.717, 1.165) is 11.4 Å². The highest BCUT2D eigenvalue weighted by atomic mass is 32.1. The van der Waals surface area contributed by atoms with Crippen molar-refractivity contribution < 1.29 is 4.39 Å². The number of hydrogen-bond donors (Lipinski definition) is 1. The van der Waals surface area contributed by atoms with Gasteiger partial charge in [0.2, 0.25) is 0 Å². The Balaban J connectivity index is 2.12. The Morgan fingerprint density at radius 3 is 2.88 bits per heavy atom. The molecule has 1 aromatic carbocycles. The van der Waals surface area contributed by atoms with Crippen LogP contribution in [-0.4, -0.2) is 4.98 Å². The average Bonchev–Trinajstić information content (AvgIpc) is 2.77. The van der Waals surface area contributed by atoms with E-state index in [0.29, 0.717) is 5.56 Å². The maximum Gasteiger partial charge on any atom is 0.128 e. The molecule has 0 bridgehead atoms. The van der Waals surface area contributed by atoms with Crippen LogP contribution in [0.1, 0.15) is 24.2 Å². The van der Waals surface area contributed by atoms with Gasteiger partial charge in [0.15, 0.2) is 0 Å². The Morgan fingerprint density at radius 2 is 2.25 bits per heavy atom. The van der Waals surface area contributed by atoms with Crippen LogP contribution in [0, 0.1) is 12.7 Å². The topological polar surface area (TPSA) is 24.9 Å². The van der Waals surface area contributed by atoms with E-state index in [4.69, 9.17) is 0 Å². The Labute approximate surface area is 98.2 Å². The van der Waals surface area contributed by atoms with Gasteiger partial charge in [0.1, 0.15) is 5.82 Å². The van der Waals surface area contributed by atoms with Gasteiger partial charge in [-0.3, -0.25) is 0 Å². The van der Waals surface area contributed by atoms with Gasteiger partial charge in [0.25, 0.3) is 0 Å². The zero-order valence-corrected chi connectivity index (χ0v) is 10.0. The van der Waals surface area contributed by atoms with E-state index in [-0.39, 0.29) is 11.9 Å². The van der Waals surface area contributed by atoms with Crippen LogP contribution in [0.25, 0.3) is 0 Å². The van der Waals surface area contributed by atoms with Gasteiger partial charge in [-0.05, 0) is 31.5 Å². The number of halogens is 1. The van der Waals surface area contributed by atoms with Gasteiger partial charge in [-0.1, -0.05) is 6.07 Å². The molecule has 0 saturated heterocycles. The number of aryl methyl sites for hydroxylation is 1. The molecule has 0 saturated carbocycles. The normalized spacial score (nSPS) is 12.4. The van der Waals surface area contributed by atoms with Gasteiger partial charge < -0.3 is 5.32 Å². The van der Waals surface area contributed by atoms with Gasteiger partial charge in [-0.15, -0.1) is 11.3 Å². The molecule has 16 heavy (non-hydrogen) atoms. The molecule has 4 heteroatoms. The molecule has 1 unspecified atom stereocenters. The first-order valence-corrected chi connectivity index (χ1v) is 6.02. The molecular formula is C12H13FN2S. The van der Waals surface area contributed by atoms with Crippen LogP contribution in [0.15, 0.2) is 29.1 Å². The maximum atomic E-state index is 13.3. The highest BCUT2D eigenvalue weighted by Crippen LogP contribution is 2.20. The van der Waals surface area contributed by atoms with Gasteiger partial charge in [0.05, 0.1) is 17.2 Å². The summed E-state index contributed by atoms with van der Waals surface area (Å²) in [6, 6.07) is 5.25. The van der Waals surface area contributed by atoms with Gasteiger partial charge in [0, 0.05) is 11.1 Å². The van der Waals surface area contributed by atoms with Gasteiger partial charge in [-0.25, -0.2) is 9.37 Å². The SMILES string of the molecule is Cc1ccc(NC(C)c2cscn2)cc1F. The predicted octanol–water partition coefficient (Wildman–Crippen LogP) is 3.76. The largest absolute Gasteiger partial charge is 0.377 e. The third-order valence-corrected chi connectivity index (χ3v) is 3.05. The Morgan fingerprint density at radius 1 is 1.44 bits per heavy atom. The van der Waals surface area contributed by atoms with E-state index in [1.54, 1.807) is 29.8 Å². The standard InChI is InChI=1S/C12H13FN2S/c1-8-3-4-10(5-11(8)13)15-9(2)12-6-16-7-14-12/h3-7,9,15H,1-2H3. The predicted molar refractivity (Wildman–Crippen MR) is 65.3 cm³/mol. The van der Waals surface area contributed by atoms with Crippen LogP contribution >= 0.6 is 11.3 Å². The van der Waals surface area contributed by atoms with Gasteiger partial charge >= 0.3 is 0 Å². The van der Waals surface area contributed by atoms with E-state index >= 15 is 0 Å². The minimum Gasteiger partial charge on any atom is -0.377 e. The first-order valence-electron chi connectivity index (χ1n) is 5.07. The second kappa shape index (κ2) is 4.61. The molecule has 1 heterocycles. The van der Waals surface area contributed by atoms with Crippen molar-refractivity contribution in [3.05, 3.63) is 46.2 Å². The highest BCUT2D eigenvalue weighted by molar-refractivity contribution is 7.07. The molecule has 0 spiro atoms. The lowest BCUT2D eigenvalue weighted by atomic mass is 10.2. The molecule has 0 aliphatic carbocycles. The van der Waals surface area contributed by atoms with E-state index < -0.39 is 0 Å². The molecule has 0 radical (unpaired) electrons. The van der Waals surface area contributed by atoms with Crippen LogP contribution in [0.3, 0.4) is 0 Å². The molecule has 2 nitrogen and oxygen atoms in total. The third kappa shape index (κ3) is 2.39. The Hall–Kier alpha value is -1.42. The van der Waals surface area contributed by atoms with Crippen molar-refractivity contribution in [2.75, 3.05) is 5.32 Å². The monoisotopic (exact) mass is 236 g/mol. The quantitative estimate of drug-likeness (QED) is 0.877. The van der Waals surface area contributed by atoms with E-state index in [2.05, 4.69) is 10.3 Å². The Bertz CT molecular complexity index is 468. The van der Waals surface area contributed by atoms with Gasteiger partial charge in [-0.2, -0.15) is 0 Å². The summed E-state index contributed by atoms with van der Waals surface area (Å²) in [4.78, 5) is 4.21. The van der Waals surface area contributed by atoms with Crippen molar-refractivity contribution in [3.8, 4) is 0 Å². The highest BCUT2D eigenvalue weighted by Gasteiger charge is 2.07. The zero-order chi connectivity index (χ0) is 11.5. The number of nitrogens with one attached hydrogen (secondary N) is 1. The number of anilines is 1. The summed E-state index contributed by atoms with van der Waals surface area (Å²) in [5, 5.41) is 5.20. The number of benzene rings is 1. The molecule has 84 valence electrons. The van der Waals surface area contributed by atoms with Crippen molar-refractivity contribution in [1.82, 2.24) is 4.98 Å². The molecule has 1 atom stereocenters. The molecule has 0 amide bonds. The lowest BCUT2D eigenvalue weighted by Crippen LogP contribution is -2.07. The summed E-state index contributed by atoms with van der Waals surface area (Å²) in [7, 11) is 0. The number of hydrogen-bond acceptors (Lipinski definition) is 3. The summed E-state index contributed by atoms with van der Waals surface area (Å²) in [6.07, 6.45) is 0. The average molecular weight is 236 g/mol. The smallest absolute Gasteiger partial charge is 0.128 e. The molecule has 0 fully saturated rings. The lowest BCUT2D eigenvalue weighted by Gasteiger charge is -2.13. The van der Waals surface area contributed by atoms with Crippen LogP contribution < -0.4 is 5.32 Å². The summed E-state index contributed by atoms with van der Waals surface area (Å²) in [5.74, 6) is -0.185. The lowest BCUT2D eigenvalue weighted by molar-refractivity contribution is 0.618. The minimum absolute atomic E-state index is 0.0911. The fraction of sp³-hybridized carbons (Fsp3) is 0.250. The van der Waals surface area contributed by atoms with Crippen LogP contribution in [0.2, 0.25) is 0 Å². The summed E-state index contributed by atoms with van der Waals surface area (Å²) in [5.41, 5.74) is 4.21. The molecule has 0 aliphatic heterocycles. The van der Waals surface area contributed by atoms with Crippen LogP contribution in [0.4, 0.5) is 10.1 Å². The van der Waals surface area contributed by atoms with E-state index in [1.807, 2.05) is 18.4 Å². The summed E-state index contributed by atoms with van der Waals surface area (Å²) in [6.45, 7) is 3.76. The molecular weight excluding hydrogens is 223 g/mol.